The number of aryl methyl sites for hydroxylation is 1. The Bertz CT molecular complexity index is 1090. The van der Waals surface area contributed by atoms with Gasteiger partial charge in [0, 0.05) is 17.8 Å². The Labute approximate surface area is 164 Å². The van der Waals surface area contributed by atoms with Gasteiger partial charge in [-0.2, -0.15) is 0 Å². The van der Waals surface area contributed by atoms with E-state index in [-0.39, 0.29) is 11.9 Å². The Kier molecular flexibility index (Phi) is 5.11. The van der Waals surface area contributed by atoms with Crippen LogP contribution in [-0.2, 0) is 6.42 Å². The molecule has 0 aliphatic heterocycles. The van der Waals surface area contributed by atoms with Gasteiger partial charge in [0.05, 0.1) is 22.8 Å². The maximum atomic E-state index is 13.1. The third-order valence-corrected chi connectivity index (χ3v) is 4.79. The third-order valence-electron chi connectivity index (χ3n) is 4.79. The molecule has 2 aromatic heterocycles. The monoisotopic (exact) mass is 367 g/mol. The van der Waals surface area contributed by atoms with Crippen molar-refractivity contribution in [3.63, 3.8) is 0 Å². The molecule has 2 heterocycles. The highest BCUT2D eigenvalue weighted by atomic mass is 16.1. The molecule has 28 heavy (non-hydrogen) atoms. The summed E-state index contributed by atoms with van der Waals surface area (Å²) in [6.45, 7) is 2.06. The van der Waals surface area contributed by atoms with Gasteiger partial charge in [0.1, 0.15) is 0 Å². The summed E-state index contributed by atoms with van der Waals surface area (Å²) in [5.41, 5.74) is 4.48. The molecule has 1 atom stereocenters. The van der Waals surface area contributed by atoms with Gasteiger partial charge in [0.2, 0.25) is 0 Å². The van der Waals surface area contributed by atoms with Gasteiger partial charge >= 0.3 is 0 Å². The van der Waals surface area contributed by atoms with Crippen molar-refractivity contribution < 1.29 is 4.79 Å². The number of nitrogens with one attached hydrogen (secondary N) is 1. The lowest BCUT2D eigenvalue weighted by Crippen LogP contribution is -2.30. The van der Waals surface area contributed by atoms with E-state index in [1.165, 1.54) is 5.56 Å². The van der Waals surface area contributed by atoms with Crippen LogP contribution in [0, 0.1) is 6.92 Å². The van der Waals surface area contributed by atoms with Gasteiger partial charge in [-0.3, -0.25) is 14.8 Å². The highest BCUT2D eigenvalue weighted by molar-refractivity contribution is 6.05. The lowest BCUT2D eigenvalue weighted by molar-refractivity contribution is 0.0937. The van der Waals surface area contributed by atoms with Crippen molar-refractivity contribution in [3.05, 3.63) is 108 Å². The summed E-state index contributed by atoms with van der Waals surface area (Å²) in [6, 6.07) is 23.4. The first-order chi connectivity index (χ1) is 13.7. The Hall–Kier alpha value is -3.53. The summed E-state index contributed by atoms with van der Waals surface area (Å²) in [5.74, 6) is -0.146. The average Bonchev–Trinajstić information content (AvgIpc) is 2.75. The molecule has 4 aromatic rings. The minimum Gasteiger partial charge on any atom is -0.343 e. The van der Waals surface area contributed by atoms with Crippen molar-refractivity contribution in [1.29, 1.82) is 0 Å². The molecular formula is C24H21N3O. The predicted molar refractivity (Wildman–Crippen MR) is 111 cm³/mol. The lowest BCUT2D eigenvalue weighted by Gasteiger charge is -2.19. The van der Waals surface area contributed by atoms with Crippen molar-refractivity contribution in [2.24, 2.45) is 0 Å². The van der Waals surface area contributed by atoms with Gasteiger partial charge in [-0.25, -0.2) is 0 Å². The number of carbonyl (C=O) groups is 1. The first-order valence-corrected chi connectivity index (χ1v) is 9.32. The molecule has 4 nitrogen and oxygen atoms in total. The van der Waals surface area contributed by atoms with Crippen molar-refractivity contribution in [1.82, 2.24) is 15.3 Å². The number of benzene rings is 2. The maximum absolute atomic E-state index is 13.1. The van der Waals surface area contributed by atoms with Crippen LogP contribution < -0.4 is 5.32 Å². The molecule has 0 bridgehead atoms. The molecule has 0 aliphatic rings. The minimum atomic E-state index is -0.227. The summed E-state index contributed by atoms with van der Waals surface area (Å²) in [6.07, 6.45) is 4.13. The van der Waals surface area contributed by atoms with Gasteiger partial charge < -0.3 is 5.32 Å². The van der Waals surface area contributed by atoms with E-state index in [1.807, 2.05) is 48.5 Å². The zero-order chi connectivity index (χ0) is 19.3. The van der Waals surface area contributed by atoms with Crippen molar-refractivity contribution in [2.75, 3.05) is 0 Å². The van der Waals surface area contributed by atoms with Crippen LogP contribution in [0.3, 0.4) is 0 Å². The summed E-state index contributed by atoms with van der Waals surface area (Å²) < 4.78 is 0. The number of hydrogen-bond acceptors (Lipinski definition) is 3. The number of aromatic nitrogens is 2. The van der Waals surface area contributed by atoms with Crippen LogP contribution in [0.15, 0.2) is 85.2 Å². The molecule has 1 unspecified atom stereocenters. The fraction of sp³-hybridized carbons (Fsp3) is 0.125. The topological polar surface area (TPSA) is 54.9 Å². The molecule has 0 radical (unpaired) electrons. The maximum Gasteiger partial charge on any atom is 0.254 e. The van der Waals surface area contributed by atoms with E-state index in [0.29, 0.717) is 17.5 Å². The molecule has 1 N–H and O–H groups in total. The van der Waals surface area contributed by atoms with E-state index in [4.69, 9.17) is 0 Å². The van der Waals surface area contributed by atoms with Gasteiger partial charge in [-0.15, -0.1) is 0 Å². The molecule has 4 heteroatoms. The van der Waals surface area contributed by atoms with E-state index in [9.17, 15) is 4.79 Å². The summed E-state index contributed by atoms with van der Waals surface area (Å²) in [4.78, 5) is 22.0. The third kappa shape index (κ3) is 3.91. The number of para-hydroxylation sites is 1. The Morgan fingerprint density at radius 3 is 2.46 bits per heavy atom. The number of pyridine rings is 2. The molecular weight excluding hydrogens is 346 g/mol. The fourth-order valence-corrected chi connectivity index (χ4v) is 3.29. The Morgan fingerprint density at radius 1 is 0.893 bits per heavy atom. The number of nitrogens with zero attached hydrogens (tertiary/aromatic N) is 2. The minimum absolute atomic E-state index is 0.146. The molecule has 0 fully saturated rings. The summed E-state index contributed by atoms with van der Waals surface area (Å²) in [5, 5.41) is 4.11. The van der Waals surface area contributed by atoms with Gasteiger partial charge in [0.25, 0.3) is 5.91 Å². The molecule has 0 saturated carbocycles. The van der Waals surface area contributed by atoms with Crippen LogP contribution in [0.1, 0.15) is 33.2 Å². The van der Waals surface area contributed by atoms with Crippen molar-refractivity contribution in [2.45, 2.75) is 19.4 Å². The lowest BCUT2D eigenvalue weighted by atomic mass is 10.0. The van der Waals surface area contributed by atoms with Gasteiger partial charge in [-0.1, -0.05) is 54.1 Å². The number of rotatable bonds is 5. The van der Waals surface area contributed by atoms with Crippen LogP contribution in [0.4, 0.5) is 0 Å². The molecule has 4 rings (SSSR count). The van der Waals surface area contributed by atoms with E-state index in [2.05, 4.69) is 46.5 Å². The first-order valence-electron chi connectivity index (χ1n) is 9.32. The Balaban J connectivity index is 1.65. The standard InChI is InChI=1S/C24H21N3O/c1-17-10-12-18(13-11-17)16-22(21-9-2-3-14-25-21)27-24(28)20-8-4-6-19-7-5-15-26-23(19)20/h2-15,22H,16H2,1H3,(H,27,28). The zero-order valence-electron chi connectivity index (χ0n) is 15.7. The summed E-state index contributed by atoms with van der Waals surface area (Å²) in [7, 11) is 0. The number of hydrogen-bond donors (Lipinski definition) is 1. The second-order valence-electron chi connectivity index (χ2n) is 6.85. The largest absolute Gasteiger partial charge is 0.343 e. The predicted octanol–water partition coefficient (Wildman–Crippen LogP) is 4.65. The van der Waals surface area contributed by atoms with E-state index < -0.39 is 0 Å². The fourth-order valence-electron chi connectivity index (χ4n) is 3.29. The SMILES string of the molecule is Cc1ccc(CC(NC(=O)c2cccc3cccnc23)c2ccccn2)cc1. The zero-order valence-corrected chi connectivity index (χ0v) is 15.7. The van der Waals surface area contributed by atoms with Gasteiger partial charge in [-0.05, 0) is 43.2 Å². The van der Waals surface area contributed by atoms with E-state index >= 15 is 0 Å². The van der Waals surface area contributed by atoms with Crippen molar-refractivity contribution in [3.8, 4) is 0 Å². The molecule has 0 saturated heterocycles. The first kappa shape index (κ1) is 17.9. The quantitative estimate of drug-likeness (QED) is 0.558. The van der Waals surface area contributed by atoms with Crippen LogP contribution in [0.2, 0.25) is 0 Å². The summed E-state index contributed by atoms with van der Waals surface area (Å²) >= 11 is 0. The highest BCUT2D eigenvalue weighted by Crippen LogP contribution is 2.20. The Morgan fingerprint density at radius 2 is 1.68 bits per heavy atom. The van der Waals surface area contributed by atoms with Crippen LogP contribution >= 0.6 is 0 Å². The van der Waals surface area contributed by atoms with E-state index in [0.717, 1.165) is 16.6 Å². The second-order valence-corrected chi connectivity index (χ2v) is 6.85. The number of fused-ring (bicyclic) bond motifs is 1. The number of carbonyl (C=O) groups excluding carboxylic acids is 1. The molecule has 2 aromatic carbocycles. The molecule has 0 aliphatic carbocycles. The molecule has 138 valence electrons. The van der Waals surface area contributed by atoms with Gasteiger partial charge in [0.15, 0.2) is 0 Å². The highest BCUT2D eigenvalue weighted by Gasteiger charge is 2.19. The second kappa shape index (κ2) is 8.01. The van der Waals surface area contributed by atoms with Crippen LogP contribution in [-0.4, -0.2) is 15.9 Å². The number of amides is 1. The smallest absolute Gasteiger partial charge is 0.254 e. The average molecular weight is 367 g/mol. The van der Waals surface area contributed by atoms with Crippen LogP contribution in [0.5, 0.6) is 0 Å². The molecule has 1 amide bonds. The molecule has 0 spiro atoms. The normalized spacial score (nSPS) is 11.9. The van der Waals surface area contributed by atoms with Crippen molar-refractivity contribution >= 4 is 16.8 Å². The van der Waals surface area contributed by atoms with Crippen LogP contribution in [0.25, 0.3) is 10.9 Å². The van der Waals surface area contributed by atoms with E-state index in [1.54, 1.807) is 12.4 Å².